The van der Waals surface area contributed by atoms with E-state index in [4.69, 9.17) is 0 Å². The number of hydrogen-bond donors (Lipinski definition) is 1. The molecule has 0 bridgehead atoms. The van der Waals surface area contributed by atoms with Crippen LogP contribution in [0.5, 0.6) is 0 Å². The van der Waals surface area contributed by atoms with Gasteiger partial charge in [0.15, 0.2) is 23.3 Å². The molecule has 0 saturated carbocycles. The molecule has 0 aliphatic rings. The Kier molecular flexibility index (Phi) is 4.39. The maximum Gasteiger partial charge on any atom is 0.403 e. The van der Waals surface area contributed by atoms with Crippen molar-refractivity contribution >= 4 is 0 Å². The van der Waals surface area contributed by atoms with Gasteiger partial charge in [0.2, 0.25) is 5.82 Å². The Bertz CT molecular complexity index is 452. The topological polar surface area (TPSA) is 26.0 Å². The standard InChI is InChI=1S/C10H7F8N/c11-5-3(1-2-4(19)10(16,17)18)6(12)8(14)9(15)7(5)13/h4H,1-2,19H2. The molecular formula is C10H7F8N. The van der Waals surface area contributed by atoms with Crippen LogP contribution < -0.4 is 5.73 Å². The van der Waals surface area contributed by atoms with Gasteiger partial charge in [-0.25, -0.2) is 22.0 Å². The zero-order valence-electron chi connectivity index (χ0n) is 9.09. The van der Waals surface area contributed by atoms with Crippen LogP contribution in [0.2, 0.25) is 0 Å². The van der Waals surface area contributed by atoms with E-state index in [-0.39, 0.29) is 0 Å². The van der Waals surface area contributed by atoms with Gasteiger partial charge < -0.3 is 5.73 Å². The Hall–Kier alpha value is -1.38. The Morgan fingerprint density at radius 2 is 1.16 bits per heavy atom. The van der Waals surface area contributed by atoms with E-state index in [1.54, 1.807) is 0 Å². The van der Waals surface area contributed by atoms with Crippen LogP contribution in [0.4, 0.5) is 35.1 Å². The van der Waals surface area contributed by atoms with Crippen LogP contribution in [-0.2, 0) is 6.42 Å². The summed E-state index contributed by atoms with van der Waals surface area (Å²) in [6, 6.07) is -2.41. The van der Waals surface area contributed by atoms with Crippen molar-refractivity contribution in [2.24, 2.45) is 5.73 Å². The number of alkyl halides is 3. The van der Waals surface area contributed by atoms with Crippen LogP contribution in [0.25, 0.3) is 0 Å². The molecular weight excluding hydrogens is 286 g/mol. The van der Waals surface area contributed by atoms with Crippen LogP contribution in [0.15, 0.2) is 0 Å². The molecule has 9 heteroatoms. The van der Waals surface area contributed by atoms with E-state index >= 15 is 0 Å². The van der Waals surface area contributed by atoms with Crippen molar-refractivity contribution in [3.63, 3.8) is 0 Å². The third-order valence-corrected chi connectivity index (χ3v) is 2.43. The molecule has 0 aliphatic heterocycles. The maximum atomic E-state index is 13.1. The van der Waals surface area contributed by atoms with Gasteiger partial charge in [0.25, 0.3) is 0 Å². The number of benzene rings is 1. The summed E-state index contributed by atoms with van der Waals surface area (Å²) in [6.07, 6.45) is -6.83. The fraction of sp³-hybridized carbons (Fsp3) is 0.400. The van der Waals surface area contributed by atoms with E-state index in [9.17, 15) is 35.1 Å². The van der Waals surface area contributed by atoms with Gasteiger partial charge in [-0.2, -0.15) is 13.2 Å². The van der Waals surface area contributed by atoms with Crippen LogP contribution in [-0.4, -0.2) is 12.2 Å². The highest BCUT2D eigenvalue weighted by Crippen LogP contribution is 2.26. The molecule has 0 amide bonds. The second-order valence-corrected chi connectivity index (χ2v) is 3.74. The van der Waals surface area contributed by atoms with Gasteiger partial charge in [0, 0.05) is 5.56 Å². The molecule has 1 unspecified atom stereocenters. The Labute approximate surface area is 102 Å². The van der Waals surface area contributed by atoms with Crippen LogP contribution in [0.3, 0.4) is 0 Å². The smallest absolute Gasteiger partial charge is 0.320 e. The molecule has 0 radical (unpaired) electrons. The lowest BCUT2D eigenvalue weighted by molar-refractivity contribution is -0.148. The molecule has 0 spiro atoms. The highest BCUT2D eigenvalue weighted by Gasteiger charge is 2.37. The van der Waals surface area contributed by atoms with Crippen molar-refractivity contribution in [2.45, 2.75) is 25.1 Å². The van der Waals surface area contributed by atoms with Gasteiger partial charge in [-0.15, -0.1) is 0 Å². The second kappa shape index (κ2) is 5.32. The van der Waals surface area contributed by atoms with Crippen molar-refractivity contribution in [1.29, 1.82) is 0 Å². The van der Waals surface area contributed by atoms with Crippen molar-refractivity contribution in [3.8, 4) is 0 Å². The van der Waals surface area contributed by atoms with Crippen molar-refractivity contribution in [3.05, 3.63) is 34.6 Å². The summed E-state index contributed by atoms with van der Waals surface area (Å²) in [6.45, 7) is 0. The summed E-state index contributed by atoms with van der Waals surface area (Å²) in [7, 11) is 0. The predicted octanol–water partition coefficient (Wildman–Crippen LogP) is 3.20. The van der Waals surface area contributed by atoms with Gasteiger partial charge in [-0.05, 0) is 12.8 Å². The minimum Gasteiger partial charge on any atom is -0.320 e. The fourth-order valence-electron chi connectivity index (χ4n) is 1.33. The Morgan fingerprint density at radius 3 is 1.53 bits per heavy atom. The predicted molar refractivity (Wildman–Crippen MR) is 48.6 cm³/mol. The van der Waals surface area contributed by atoms with Gasteiger partial charge in [0.1, 0.15) is 6.04 Å². The number of halogens is 8. The number of rotatable bonds is 3. The van der Waals surface area contributed by atoms with E-state index < -0.39 is 59.7 Å². The first-order valence-corrected chi connectivity index (χ1v) is 4.90. The molecule has 0 fully saturated rings. The largest absolute Gasteiger partial charge is 0.403 e. The molecule has 1 aromatic rings. The molecule has 0 aromatic heterocycles. The minimum atomic E-state index is -4.82. The van der Waals surface area contributed by atoms with E-state index in [1.165, 1.54) is 0 Å². The van der Waals surface area contributed by atoms with E-state index in [2.05, 4.69) is 5.73 Å². The monoisotopic (exact) mass is 293 g/mol. The lowest BCUT2D eigenvalue weighted by Crippen LogP contribution is -2.37. The molecule has 1 nitrogen and oxygen atoms in total. The van der Waals surface area contributed by atoms with Crippen LogP contribution in [0.1, 0.15) is 12.0 Å². The number of hydrogen-bond acceptors (Lipinski definition) is 1. The first-order chi connectivity index (χ1) is 8.57. The summed E-state index contributed by atoms with van der Waals surface area (Å²) < 4.78 is 101. The molecule has 0 saturated heterocycles. The normalized spacial score (nSPS) is 13.7. The zero-order valence-corrected chi connectivity index (χ0v) is 9.09. The third-order valence-electron chi connectivity index (χ3n) is 2.43. The van der Waals surface area contributed by atoms with Crippen molar-refractivity contribution in [2.75, 3.05) is 0 Å². The zero-order chi connectivity index (χ0) is 15.0. The van der Waals surface area contributed by atoms with E-state index in [1.807, 2.05) is 0 Å². The van der Waals surface area contributed by atoms with Gasteiger partial charge in [-0.1, -0.05) is 0 Å². The Balaban J connectivity index is 3.03. The van der Waals surface area contributed by atoms with Gasteiger partial charge >= 0.3 is 6.18 Å². The van der Waals surface area contributed by atoms with Crippen LogP contribution in [0, 0.1) is 29.1 Å². The summed E-state index contributed by atoms with van der Waals surface area (Å²) in [5.74, 6) is -11.1. The number of nitrogens with two attached hydrogens (primary N) is 1. The molecule has 1 aromatic carbocycles. The molecule has 1 atom stereocenters. The van der Waals surface area contributed by atoms with Crippen molar-refractivity contribution < 1.29 is 35.1 Å². The summed E-state index contributed by atoms with van der Waals surface area (Å²) in [5, 5.41) is 0. The third kappa shape index (κ3) is 3.14. The molecule has 108 valence electrons. The minimum absolute atomic E-state index is 0.998. The average Bonchev–Trinajstić information content (AvgIpc) is 2.32. The molecule has 19 heavy (non-hydrogen) atoms. The van der Waals surface area contributed by atoms with E-state index in [0.29, 0.717) is 0 Å². The average molecular weight is 293 g/mol. The van der Waals surface area contributed by atoms with E-state index in [0.717, 1.165) is 0 Å². The summed E-state index contributed by atoms with van der Waals surface area (Å²) >= 11 is 0. The maximum absolute atomic E-state index is 13.1. The quantitative estimate of drug-likeness (QED) is 0.517. The lowest BCUT2D eigenvalue weighted by atomic mass is 10.0. The first-order valence-electron chi connectivity index (χ1n) is 4.90. The Morgan fingerprint density at radius 1 is 0.789 bits per heavy atom. The SMILES string of the molecule is NC(CCc1c(F)c(F)c(F)c(F)c1F)C(F)(F)F. The molecule has 0 aliphatic carbocycles. The second-order valence-electron chi connectivity index (χ2n) is 3.74. The van der Waals surface area contributed by atoms with Gasteiger partial charge in [0.05, 0.1) is 0 Å². The van der Waals surface area contributed by atoms with Crippen molar-refractivity contribution in [1.82, 2.24) is 0 Å². The molecule has 2 N–H and O–H groups in total. The van der Waals surface area contributed by atoms with Crippen LogP contribution >= 0.6 is 0 Å². The highest BCUT2D eigenvalue weighted by atomic mass is 19.4. The first kappa shape index (κ1) is 15.7. The molecule has 1 rings (SSSR count). The summed E-state index contributed by atoms with van der Waals surface area (Å²) in [4.78, 5) is 0. The fourth-order valence-corrected chi connectivity index (χ4v) is 1.33. The molecule has 0 heterocycles. The highest BCUT2D eigenvalue weighted by molar-refractivity contribution is 5.24. The lowest BCUT2D eigenvalue weighted by Gasteiger charge is -2.16. The van der Waals surface area contributed by atoms with Gasteiger partial charge in [-0.3, -0.25) is 0 Å². The summed E-state index contributed by atoms with van der Waals surface area (Å²) in [5.41, 5.74) is 3.36.